The van der Waals surface area contributed by atoms with Crippen LogP contribution >= 0.6 is 0 Å². The molecule has 0 saturated heterocycles. The van der Waals surface area contributed by atoms with Crippen molar-refractivity contribution in [1.29, 1.82) is 0 Å². The molecule has 0 aliphatic carbocycles. The zero-order valence-electron chi connectivity index (χ0n) is 9.29. The van der Waals surface area contributed by atoms with Gasteiger partial charge in [-0.15, -0.1) is 13.2 Å². The van der Waals surface area contributed by atoms with Crippen LogP contribution in [0.15, 0.2) is 24.3 Å². The fourth-order valence-corrected chi connectivity index (χ4v) is 1.44. The summed E-state index contributed by atoms with van der Waals surface area (Å²) in [6, 6.07) is 5.15. The van der Waals surface area contributed by atoms with Crippen molar-refractivity contribution in [2.24, 2.45) is 0 Å². The van der Waals surface area contributed by atoms with Gasteiger partial charge >= 0.3 is 6.36 Å². The molecule has 1 rings (SSSR count). The molecule has 0 fully saturated rings. The van der Waals surface area contributed by atoms with Gasteiger partial charge in [0.15, 0.2) is 0 Å². The van der Waals surface area contributed by atoms with Gasteiger partial charge in [0, 0.05) is 0 Å². The van der Waals surface area contributed by atoms with Gasteiger partial charge in [-0.1, -0.05) is 19.1 Å². The van der Waals surface area contributed by atoms with E-state index in [0.29, 0.717) is 12.1 Å². The summed E-state index contributed by atoms with van der Waals surface area (Å²) in [5, 5.41) is 12.1. The van der Waals surface area contributed by atoms with Crippen molar-refractivity contribution in [1.82, 2.24) is 5.32 Å². The van der Waals surface area contributed by atoms with Crippen molar-refractivity contribution in [3.63, 3.8) is 0 Å². The van der Waals surface area contributed by atoms with E-state index in [2.05, 4.69) is 10.1 Å². The maximum Gasteiger partial charge on any atom is 0.573 e. The van der Waals surface area contributed by atoms with Gasteiger partial charge < -0.3 is 15.2 Å². The standard InChI is InChI=1S/C11H14F3NO2/c1-2-15-10(7-16)8-3-5-9(6-4-8)17-11(12,13)14/h3-6,10,15-16H,2,7H2,1H3. The number of likely N-dealkylation sites (N-methyl/N-ethyl adjacent to an activating group) is 1. The second-order valence-electron chi connectivity index (χ2n) is 3.41. The Morgan fingerprint density at radius 2 is 1.88 bits per heavy atom. The van der Waals surface area contributed by atoms with Crippen LogP contribution in [0.1, 0.15) is 18.5 Å². The van der Waals surface area contributed by atoms with Crippen molar-refractivity contribution in [3.05, 3.63) is 29.8 Å². The van der Waals surface area contributed by atoms with Crippen molar-refractivity contribution >= 4 is 0 Å². The minimum atomic E-state index is -4.68. The molecule has 1 aromatic carbocycles. The van der Waals surface area contributed by atoms with Crippen LogP contribution in [0.4, 0.5) is 13.2 Å². The average molecular weight is 249 g/mol. The number of alkyl halides is 3. The molecule has 17 heavy (non-hydrogen) atoms. The van der Waals surface area contributed by atoms with Crippen LogP contribution in [0.25, 0.3) is 0 Å². The lowest BCUT2D eigenvalue weighted by atomic mass is 10.1. The van der Waals surface area contributed by atoms with Gasteiger partial charge in [0.05, 0.1) is 12.6 Å². The van der Waals surface area contributed by atoms with E-state index in [4.69, 9.17) is 5.11 Å². The smallest absolute Gasteiger partial charge is 0.406 e. The van der Waals surface area contributed by atoms with E-state index >= 15 is 0 Å². The fraction of sp³-hybridized carbons (Fsp3) is 0.455. The molecule has 0 aliphatic heterocycles. The molecule has 3 nitrogen and oxygen atoms in total. The Morgan fingerprint density at radius 1 is 1.29 bits per heavy atom. The predicted octanol–water partition coefficient (Wildman–Crippen LogP) is 2.23. The van der Waals surface area contributed by atoms with Crippen LogP contribution in [-0.4, -0.2) is 24.6 Å². The zero-order valence-corrected chi connectivity index (χ0v) is 9.29. The highest BCUT2D eigenvalue weighted by Gasteiger charge is 2.31. The molecular formula is C11H14F3NO2. The predicted molar refractivity (Wildman–Crippen MR) is 56.6 cm³/mol. The number of aliphatic hydroxyl groups is 1. The summed E-state index contributed by atoms with van der Waals surface area (Å²) in [5.41, 5.74) is 0.712. The highest BCUT2D eigenvalue weighted by atomic mass is 19.4. The lowest BCUT2D eigenvalue weighted by molar-refractivity contribution is -0.274. The molecule has 96 valence electrons. The van der Waals surface area contributed by atoms with E-state index in [9.17, 15) is 13.2 Å². The van der Waals surface area contributed by atoms with Crippen LogP contribution < -0.4 is 10.1 Å². The normalized spacial score (nSPS) is 13.5. The van der Waals surface area contributed by atoms with E-state index in [1.807, 2.05) is 6.92 Å². The maximum atomic E-state index is 11.9. The molecule has 1 atom stereocenters. The molecule has 0 saturated carbocycles. The first-order valence-electron chi connectivity index (χ1n) is 5.16. The largest absolute Gasteiger partial charge is 0.573 e. The van der Waals surface area contributed by atoms with Gasteiger partial charge in [0.2, 0.25) is 0 Å². The number of rotatable bonds is 5. The number of hydrogen-bond donors (Lipinski definition) is 2. The molecule has 0 aromatic heterocycles. The Morgan fingerprint density at radius 3 is 2.29 bits per heavy atom. The number of aliphatic hydroxyl groups excluding tert-OH is 1. The molecule has 0 amide bonds. The number of halogens is 3. The zero-order chi connectivity index (χ0) is 12.9. The van der Waals surface area contributed by atoms with Gasteiger partial charge in [0.1, 0.15) is 5.75 Å². The molecule has 0 aliphatic rings. The number of benzene rings is 1. The summed E-state index contributed by atoms with van der Waals surface area (Å²) < 4.78 is 39.5. The van der Waals surface area contributed by atoms with E-state index in [1.54, 1.807) is 0 Å². The first-order chi connectivity index (χ1) is 7.96. The molecule has 0 spiro atoms. The molecule has 1 aromatic rings. The lowest BCUT2D eigenvalue weighted by Gasteiger charge is -2.16. The summed E-state index contributed by atoms with van der Waals surface area (Å²) >= 11 is 0. The van der Waals surface area contributed by atoms with Gasteiger partial charge in [0.25, 0.3) is 0 Å². The van der Waals surface area contributed by atoms with Gasteiger partial charge in [-0.2, -0.15) is 0 Å². The monoisotopic (exact) mass is 249 g/mol. The Bertz CT molecular complexity index is 338. The van der Waals surface area contributed by atoms with Crippen LogP contribution in [0.5, 0.6) is 5.75 Å². The van der Waals surface area contributed by atoms with Gasteiger partial charge in [-0.3, -0.25) is 0 Å². The summed E-state index contributed by atoms with van der Waals surface area (Å²) in [7, 11) is 0. The quantitative estimate of drug-likeness (QED) is 0.840. The van der Waals surface area contributed by atoms with Crippen LogP contribution in [0.3, 0.4) is 0 Å². The van der Waals surface area contributed by atoms with Gasteiger partial charge in [-0.05, 0) is 24.2 Å². The molecule has 0 heterocycles. The van der Waals surface area contributed by atoms with E-state index in [-0.39, 0.29) is 18.4 Å². The maximum absolute atomic E-state index is 11.9. The van der Waals surface area contributed by atoms with Crippen LogP contribution in [0.2, 0.25) is 0 Å². The Balaban J connectivity index is 2.73. The SMILES string of the molecule is CCNC(CO)c1ccc(OC(F)(F)F)cc1. The van der Waals surface area contributed by atoms with Gasteiger partial charge in [-0.25, -0.2) is 0 Å². The Kier molecular flexibility index (Phi) is 4.77. The number of nitrogens with one attached hydrogen (secondary N) is 1. The van der Waals surface area contributed by atoms with Crippen molar-refractivity contribution in [2.45, 2.75) is 19.3 Å². The highest BCUT2D eigenvalue weighted by molar-refractivity contribution is 5.29. The fourth-order valence-electron chi connectivity index (χ4n) is 1.44. The van der Waals surface area contributed by atoms with E-state index in [1.165, 1.54) is 24.3 Å². The minimum absolute atomic E-state index is 0.118. The first kappa shape index (κ1) is 13.8. The Labute approximate surface area is 97.2 Å². The highest BCUT2D eigenvalue weighted by Crippen LogP contribution is 2.24. The van der Waals surface area contributed by atoms with Crippen LogP contribution in [-0.2, 0) is 0 Å². The van der Waals surface area contributed by atoms with E-state index < -0.39 is 6.36 Å². The van der Waals surface area contributed by atoms with Crippen molar-refractivity contribution in [3.8, 4) is 5.75 Å². The summed E-state index contributed by atoms with van der Waals surface area (Å²) in [4.78, 5) is 0. The van der Waals surface area contributed by atoms with Crippen molar-refractivity contribution in [2.75, 3.05) is 13.2 Å². The molecule has 0 bridgehead atoms. The number of hydrogen-bond acceptors (Lipinski definition) is 3. The summed E-state index contributed by atoms with van der Waals surface area (Å²) in [5.74, 6) is -0.269. The molecular weight excluding hydrogens is 235 g/mol. The topological polar surface area (TPSA) is 41.5 Å². The minimum Gasteiger partial charge on any atom is -0.406 e. The third-order valence-electron chi connectivity index (χ3n) is 2.15. The number of ether oxygens (including phenoxy) is 1. The second kappa shape index (κ2) is 5.88. The second-order valence-corrected chi connectivity index (χ2v) is 3.41. The van der Waals surface area contributed by atoms with Crippen LogP contribution in [0, 0.1) is 0 Å². The molecule has 0 radical (unpaired) electrons. The van der Waals surface area contributed by atoms with Crippen molar-refractivity contribution < 1.29 is 23.0 Å². The first-order valence-corrected chi connectivity index (χ1v) is 5.16. The summed E-state index contributed by atoms with van der Waals surface area (Å²) in [6.45, 7) is 2.42. The lowest BCUT2D eigenvalue weighted by Crippen LogP contribution is -2.24. The van der Waals surface area contributed by atoms with E-state index in [0.717, 1.165) is 0 Å². The third-order valence-corrected chi connectivity index (χ3v) is 2.15. The average Bonchev–Trinajstić information content (AvgIpc) is 2.25. The molecule has 6 heteroatoms. The molecule has 2 N–H and O–H groups in total. The summed E-state index contributed by atoms with van der Waals surface area (Å²) in [6.07, 6.45) is -4.68. The third kappa shape index (κ3) is 4.62. The molecule has 1 unspecified atom stereocenters. The Hall–Kier alpha value is -1.27.